The molecule has 0 atom stereocenters. The van der Waals surface area contributed by atoms with Gasteiger partial charge in [0.1, 0.15) is 0 Å². The Hall–Kier alpha value is -2.04. The van der Waals surface area contributed by atoms with E-state index < -0.39 is 6.09 Å². The van der Waals surface area contributed by atoms with Crippen LogP contribution in [0.1, 0.15) is 13.8 Å². The lowest BCUT2D eigenvalue weighted by Gasteiger charge is -2.06. The highest BCUT2D eigenvalue weighted by Crippen LogP contribution is 2.21. The van der Waals surface area contributed by atoms with Gasteiger partial charge in [0, 0.05) is 0 Å². The molecule has 0 radical (unpaired) electrons. The molecule has 0 aliphatic rings. The fourth-order valence-corrected chi connectivity index (χ4v) is 1.59. The number of rotatable bonds is 3. The summed E-state index contributed by atoms with van der Waals surface area (Å²) in [6, 6.07) is 7.61. The molecule has 0 fully saturated rings. The van der Waals surface area contributed by atoms with Crippen molar-refractivity contribution in [2.75, 3.05) is 13.2 Å². The topological polar surface area (TPSA) is 53.4 Å². The molecule has 0 aliphatic heterocycles. The van der Waals surface area contributed by atoms with E-state index in [2.05, 4.69) is 4.98 Å². The molecule has 0 saturated heterocycles. The smallest absolute Gasteiger partial charge is 0.422 e. The van der Waals surface area contributed by atoms with Gasteiger partial charge in [-0.2, -0.15) is 9.55 Å². The van der Waals surface area contributed by atoms with Crippen molar-refractivity contribution in [3.05, 3.63) is 24.3 Å². The first-order valence-corrected chi connectivity index (χ1v) is 5.55. The van der Waals surface area contributed by atoms with Crippen LogP contribution in [0.3, 0.4) is 0 Å². The second-order valence-corrected chi connectivity index (χ2v) is 3.35. The van der Waals surface area contributed by atoms with Gasteiger partial charge in [-0.05, 0) is 26.0 Å². The van der Waals surface area contributed by atoms with Crippen LogP contribution in [0.25, 0.3) is 11.0 Å². The number of imidazole rings is 1. The normalized spacial score (nSPS) is 10.5. The summed E-state index contributed by atoms with van der Waals surface area (Å²) in [6.45, 7) is 4.37. The van der Waals surface area contributed by atoms with Crippen LogP contribution in [0.5, 0.6) is 6.01 Å². The number of benzene rings is 1. The highest BCUT2D eigenvalue weighted by atomic mass is 16.6. The van der Waals surface area contributed by atoms with Crippen molar-refractivity contribution < 1.29 is 14.3 Å². The van der Waals surface area contributed by atoms with Gasteiger partial charge in [0.2, 0.25) is 0 Å². The lowest BCUT2D eigenvalue weighted by molar-refractivity contribution is 0.150. The molecule has 2 rings (SSSR count). The van der Waals surface area contributed by atoms with Crippen LogP contribution in [0.4, 0.5) is 4.79 Å². The molecule has 90 valence electrons. The first kappa shape index (κ1) is 11.4. The molecule has 0 saturated carbocycles. The lowest BCUT2D eigenvalue weighted by Crippen LogP contribution is -2.15. The highest BCUT2D eigenvalue weighted by molar-refractivity contribution is 5.88. The Balaban J connectivity index is 2.55. The third-order valence-corrected chi connectivity index (χ3v) is 2.25. The Morgan fingerprint density at radius 2 is 2.06 bits per heavy atom. The van der Waals surface area contributed by atoms with Gasteiger partial charge in [-0.15, -0.1) is 0 Å². The van der Waals surface area contributed by atoms with Crippen LogP contribution in [0, 0.1) is 0 Å². The zero-order valence-electron chi connectivity index (χ0n) is 9.84. The van der Waals surface area contributed by atoms with E-state index >= 15 is 0 Å². The van der Waals surface area contributed by atoms with Gasteiger partial charge >= 0.3 is 12.1 Å². The van der Waals surface area contributed by atoms with Gasteiger partial charge in [-0.3, -0.25) is 0 Å². The van der Waals surface area contributed by atoms with Crippen molar-refractivity contribution >= 4 is 17.1 Å². The number of ether oxygens (including phenoxy) is 2. The minimum absolute atomic E-state index is 0.271. The first-order chi connectivity index (χ1) is 8.27. The summed E-state index contributed by atoms with van der Waals surface area (Å²) in [4.78, 5) is 16.1. The molecular formula is C12H14N2O3. The Bertz CT molecular complexity index is 534. The quantitative estimate of drug-likeness (QED) is 0.818. The molecule has 5 heteroatoms. The number of carbonyl (C=O) groups excluding carboxylic acids is 1. The molecule has 1 aromatic heterocycles. The van der Waals surface area contributed by atoms with Gasteiger partial charge in [0.15, 0.2) is 0 Å². The Morgan fingerprint density at radius 1 is 1.29 bits per heavy atom. The zero-order valence-corrected chi connectivity index (χ0v) is 9.84. The maximum Gasteiger partial charge on any atom is 0.422 e. The second-order valence-electron chi connectivity index (χ2n) is 3.35. The van der Waals surface area contributed by atoms with Gasteiger partial charge in [0.25, 0.3) is 0 Å². The van der Waals surface area contributed by atoms with E-state index in [-0.39, 0.29) is 6.01 Å². The molecule has 17 heavy (non-hydrogen) atoms. The molecule has 0 N–H and O–H groups in total. The predicted octanol–water partition coefficient (Wildman–Crippen LogP) is 2.44. The van der Waals surface area contributed by atoms with Gasteiger partial charge in [0.05, 0.1) is 24.2 Å². The minimum atomic E-state index is -0.468. The summed E-state index contributed by atoms with van der Waals surface area (Å²) in [5.41, 5.74) is 1.40. The Kier molecular flexibility index (Phi) is 3.27. The van der Waals surface area contributed by atoms with Crippen molar-refractivity contribution in [2.24, 2.45) is 0 Å². The van der Waals surface area contributed by atoms with Crippen LogP contribution in [0.2, 0.25) is 0 Å². The number of para-hydroxylation sites is 2. The van der Waals surface area contributed by atoms with Crippen LogP contribution in [-0.4, -0.2) is 28.9 Å². The lowest BCUT2D eigenvalue weighted by atomic mass is 10.3. The molecule has 1 aromatic carbocycles. The summed E-state index contributed by atoms with van der Waals surface area (Å²) in [7, 11) is 0. The van der Waals surface area contributed by atoms with Gasteiger partial charge in [-0.1, -0.05) is 12.1 Å². The molecule has 0 aliphatic carbocycles. The largest absolute Gasteiger partial charge is 0.465 e. The maximum atomic E-state index is 11.8. The summed E-state index contributed by atoms with van der Waals surface area (Å²) < 4.78 is 11.7. The third kappa shape index (κ3) is 2.08. The molecular weight excluding hydrogens is 220 g/mol. The van der Waals surface area contributed by atoms with Crippen LogP contribution in [-0.2, 0) is 4.74 Å². The fourth-order valence-electron chi connectivity index (χ4n) is 1.59. The van der Waals surface area contributed by atoms with E-state index in [4.69, 9.17) is 9.47 Å². The summed E-state index contributed by atoms with van der Waals surface area (Å²) in [5, 5.41) is 0. The number of hydrogen-bond acceptors (Lipinski definition) is 4. The van der Waals surface area contributed by atoms with E-state index in [1.807, 2.05) is 31.2 Å². The van der Waals surface area contributed by atoms with E-state index in [1.165, 1.54) is 4.57 Å². The predicted molar refractivity (Wildman–Crippen MR) is 63.3 cm³/mol. The molecule has 2 aromatic rings. The van der Waals surface area contributed by atoms with Crippen LogP contribution >= 0.6 is 0 Å². The van der Waals surface area contributed by atoms with Crippen molar-refractivity contribution in [1.29, 1.82) is 0 Å². The Labute approximate surface area is 99.0 Å². The second kappa shape index (κ2) is 4.86. The maximum absolute atomic E-state index is 11.8. The standard InChI is InChI=1S/C12H14N2O3/c1-3-16-11-13-9-7-5-6-8-10(9)14(11)12(15)17-4-2/h5-8H,3-4H2,1-2H3. The fraction of sp³-hybridized carbons (Fsp3) is 0.333. The van der Waals surface area contributed by atoms with Crippen molar-refractivity contribution in [3.63, 3.8) is 0 Å². The number of fused-ring (bicyclic) bond motifs is 1. The van der Waals surface area contributed by atoms with Crippen molar-refractivity contribution in [3.8, 4) is 6.01 Å². The average Bonchev–Trinajstić information content (AvgIpc) is 2.67. The molecule has 0 amide bonds. The van der Waals surface area contributed by atoms with Crippen molar-refractivity contribution in [1.82, 2.24) is 9.55 Å². The first-order valence-electron chi connectivity index (χ1n) is 5.55. The highest BCUT2D eigenvalue weighted by Gasteiger charge is 2.18. The monoisotopic (exact) mass is 234 g/mol. The van der Waals surface area contributed by atoms with Crippen LogP contribution in [0.15, 0.2) is 24.3 Å². The van der Waals surface area contributed by atoms with E-state index in [1.54, 1.807) is 6.92 Å². The van der Waals surface area contributed by atoms with E-state index in [9.17, 15) is 4.79 Å². The SMILES string of the molecule is CCOC(=O)n1c(OCC)nc2ccccc21. The molecule has 0 spiro atoms. The van der Waals surface area contributed by atoms with Gasteiger partial charge in [-0.25, -0.2) is 4.79 Å². The van der Waals surface area contributed by atoms with E-state index in [0.29, 0.717) is 24.2 Å². The summed E-state index contributed by atoms with van der Waals surface area (Å²) >= 11 is 0. The molecule has 5 nitrogen and oxygen atoms in total. The number of aromatic nitrogens is 2. The summed E-state index contributed by atoms with van der Waals surface area (Å²) in [5.74, 6) is 0. The van der Waals surface area contributed by atoms with Gasteiger partial charge < -0.3 is 9.47 Å². The number of hydrogen-bond donors (Lipinski definition) is 0. The number of carbonyl (C=O) groups is 1. The zero-order chi connectivity index (χ0) is 12.3. The summed E-state index contributed by atoms with van der Waals surface area (Å²) in [6.07, 6.45) is -0.468. The minimum Gasteiger partial charge on any atom is -0.465 e. The third-order valence-electron chi connectivity index (χ3n) is 2.25. The van der Waals surface area contributed by atoms with Crippen molar-refractivity contribution in [2.45, 2.75) is 13.8 Å². The average molecular weight is 234 g/mol. The molecule has 0 bridgehead atoms. The Morgan fingerprint density at radius 3 is 2.76 bits per heavy atom. The number of nitrogens with zero attached hydrogens (tertiary/aromatic N) is 2. The van der Waals surface area contributed by atoms with Crippen LogP contribution < -0.4 is 4.74 Å². The van der Waals surface area contributed by atoms with E-state index in [0.717, 1.165) is 0 Å². The molecule has 1 heterocycles. The molecule has 0 unspecified atom stereocenters.